The lowest BCUT2D eigenvalue weighted by Gasteiger charge is -2.46. The highest BCUT2D eigenvalue weighted by Crippen LogP contribution is 2.52. The topological polar surface area (TPSA) is 51.2 Å². The Labute approximate surface area is 135 Å². The molecule has 1 N–H and O–H groups in total. The van der Waals surface area contributed by atoms with Crippen LogP contribution in [0.25, 0.3) is 0 Å². The lowest BCUT2D eigenvalue weighted by molar-refractivity contribution is -0.173. The molecule has 5 rings (SSSR count). The number of benzene rings is 1. The Balaban J connectivity index is 1.69. The molecule has 5 heteroatoms. The second-order valence-corrected chi connectivity index (χ2v) is 7.09. The van der Waals surface area contributed by atoms with Gasteiger partial charge >= 0.3 is 0 Å². The van der Waals surface area contributed by atoms with Gasteiger partial charge in [-0.1, -0.05) is 18.6 Å². The minimum atomic E-state index is -0.898. The van der Waals surface area contributed by atoms with E-state index in [1.54, 1.807) is 0 Å². The maximum atomic E-state index is 10.5. The van der Waals surface area contributed by atoms with Gasteiger partial charge in [-0.25, -0.2) is 0 Å². The average Bonchev–Trinajstić information content (AvgIpc) is 3.13. The van der Waals surface area contributed by atoms with Crippen LogP contribution in [-0.2, 0) is 4.74 Å². The predicted octanol–water partition coefficient (Wildman–Crippen LogP) is 2.17. The number of hydrogen-bond acceptors (Lipinski definition) is 5. The molecule has 23 heavy (non-hydrogen) atoms. The van der Waals surface area contributed by atoms with Gasteiger partial charge in [-0.05, 0) is 31.2 Å². The van der Waals surface area contributed by atoms with E-state index in [2.05, 4.69) is 31.0 Å². The zero-order valence-corrected chi connectivity index (χ0v) is 13.4. The van der Waals surface area contributed by atoms with Crippen molar-refractivity contribution in [3.05, 3.63) is 34.9 Å². The summed E-state index contributed by atoms with van der Waals surface area (Å²) < 4.78 is 17.1. The Kier molecular flexibility index (Phi) is 2.84. The van der Waals surface area contributed by atoms with Gasteiger partial charge in [-0.15, -0.1) is 0 Å². The number of nitrogens with zero attached hydrogens (tertiary/aromatic N) is 1. The number of rotatable bonds is 0. The summed E-state index contributed by atoms with van der Waals surface area (Å²) in [4.78, 5) is 2.41. The van der Waals surface area contributed by atoms with Crippen LogP contribution in [0.2, 0.25) is 0 Å². The molecule has 1 aliphatic carbocycles. The predicted molar refractivity (Wildman–Crippen MR) is 83.4 cm³/mol. The first-order chi connectivity index (χ1) is 11.1. The molecule has 1 aromatic carbocycles. The van der Waals surface area contributed by atoms with Gasteiger partial charge < -0.3 is 19.3 Å². The Hall–Kier alpha value is -1.56. The number of likely N-dealkylation sites (N-methyl/N-ethyl adjacent to an activating group) is 1. The molecule has 0 bridgehead atoms. The molecule has 5 nitrogen and oxygen atoms in total. The van der Waals surface area contributed by atoms with E-state index in [9.17, 15) is 5.11 Å². The molecule has 0 spiro atoms. The maximum absolute atomic E-state index is 10.5. The smallest absolute Gasteiger partial charge is 0.231 e. The molecule has 4 aliphatic rings. The van der Waals surface area contributed by atoms with E-state index in [4.69, 9.17) is 14.2 Å². The summed E-state index contributed by atoms with van der Waals surface area (Å²) in [5.74, 6) is 2.00. The minimum Gasteiger partial charge on any atom is -0.454 e. The molecule has 0 saturated carbocycles. The van der Waals surface area contributed by atoms with E-state index in [0.717, 1.165) is 29.8 Å². The molecule has 3 heterocycles. The largest absolute Gasteiger partial charge is 0.454 e. The Morgan fingerprint density at radius 3 is 2.70 bits per heavy atom. The summed E-state index contributed by atoms with van der Waals surface area (Å²) >= 11 is 0. The van der Waals surface area contributed by atoms with E-state index in [-0.39, 0.29) is 18.8 Å². The van der Waals surface area contributed by atoms with Gasteiger partial charge in [0.05, 0.1) is 6.10 Å². The molecule has 1 aromatic rings. The second kappa shape index (κ2) is 4.72. The van der Waals surface area contributed by atoms with Gasteiger partial charge in [0.25, 0.3) is 0 Å². The third-order valence-corrected chi connectivity index (χ3v) is 5.79. The van der Waals surface area contributed by atoms with Crippen molar-refractivity contribution in [2.24, 2.45) is 5.92 Å². The van der Waals surface area contributed by atoms with E-state index in [1.165, 1.54) is 5.57 Å². The molecule has 0 radical (unpaired) electrons. The molecular weight excluding hydrogens is 294 g/mol. The molecular formula is C18H21NO4. The van der Waals surface area contributed by atoms with E-state index in [1.807, 2.05) is 6.07 Å². The van der Waals surface area contributed by atoms with Crippen molar-refractivity contribution in [1.29, 1.82) is 0 Å². The normalized spacial score (nSPS) is 37.9. The highest BCUT2D eigenvalue weighted by Gasteiger charge is 2.49. The van der Waals surface area contributed by atoms with Gasteiger partial charge in [0.2, 0.25) is 6.79 Å². The number of hydrogen-bond donors (Lipinski definition) is 1. The monoisotopic (exact) mass is 315 g/mol. The van der Waals surface area contributed by atoms with Crippen LogP contribution in [0.15, 0.2) is 23.8 Å². The van der Waals surface area contributed by atoms with Crippen LogP contribution in [0.5, 0.6) is 11.5 Å². The molecule has 3 aliphatic heterocycles. The van der Waals surface area contributed by atoms with Gasteiger partial charge in [0.15, 0.2) is 17.8 Å². The summed E-state index contributed by atoms with van der Waals surface area (Å²) in [6.45, 7) is 3.51. The lowest BCUT2D eigenvalue weighted by Crippen LogP contribution is -2.47. The Bertz CT molecular complexity index is 701. The van der Waals surface area contributed by atoms with Crippen LogP contribution >= 0.6 is 0 Å². The molecule has 0 aromatic heterocycles. The number of fused-ring (bicyclic) bond motifs is 6. The molecule has 1 fully saturated rings. The third-order valence-electron chi connectivity index (χ3n) is 5.79. The van der Waals surface area contributed by atoms with Crippen LogP contribution in [0.4, 0.5) is 0 Å². The third kappa shape index (κ3) is 1.84. The number of aliphatic hydroxyl groups excluding tert-OH is 1. The zero-order chi connectivity index (χ0) is 15.7. The van der Waals surface area contributed by atoms with Crippen molar-refractivity contribution < 1.29 is 19.3 Å². The summed E-state index contributed by atoms with van der Waals surface area (Å²) in [6.07, 6.45) is 2.56. The van der Waals surface area contributed by atoms with E-state index in [0.29, 0.717) is 17.7 Å². The van der Waals surface area contributed by atoms with Gasteiger partial charge in [-0.3, -0.25) is 4.90 Å². The van der Waals surface area contributed by atoms with E-state index < -0.39 is 6.29 Å². The minimum absolute atomic E-state index is 0.00725. The Morgan fingerprint density at radius 1 is 1.17 bits per heavy atom. The summed E-state index contributed by atoms with van der Waals surface area (Å²) in [6, 6.07) is 4.29. The van der Waals surface area contributed by atoms with Crippen molar-refractivity contribution in [2.75, 3.05) is 20.4 Å². The average molecular weight is 315 g/mol. The van der Waals surface area contributed by atoms with Crippen LogP contribution < -0.4 is 9.47 Å². The van der Waals surface area contributed by atoms with Crippen molar-refractivity contribution in [3.63, 3.8) is 0 Å². The molecule has 5 atom stereocenters. The highest BCUT2D eigenvalue weighted by atomic mass is 16.7. The number of aliphatic hydroxyl groups is 1. The SMILES string of the molecule is C[C@@H]1C=C2CCN(C)[C@@H]2[C@H]2c3cc4c(cc3[C@H](O)O[C@H]21)OCO4. The first-order valence-corrected chi connectivity index (χ1v) is 8.31. The first kappa shape index (κ1) is 13.8. The van der Waals surface area contributed by atoms with Gasteiger partial charge in [0, 0.05) is 30.0 Å². The summed E-state index contributed by atoms with van der Waals surface area (Å²) in [5, 5.41) is 10.5. The van der Waals surface area contributed by atoms with Crippen LogP contribution in [0.1, 0.15) is 36.7 Å². The highest BCUT2D eigenvalue weighted by molar-refractivity contribution is 5.53. The van der Waals surface area contributed by atoms with Crippen molar-refractivity contribution >= 4 is 0 Å². The van der Waals surface area contributed by atoms with Crippen LogP contribution in [0.3, 0.4) is 0 Å². The van der Waals surface area contributed by atoms with Gasteiger partial charge in [-0.2, -0.15) is 0 Å². The molecule has 122 valence electrons. The maximum Gasteiger partial charge on any atom is 0.231 e. The summed E-state index contributed by atoms with van der Waals surface area (Å²) in [5.41, 5.74) is 3.48. The first-order valence-electron chi connectivity index (χ1n) is 8.31. The van der Waals surface area contributed by atoms with Gasteiger partial charge in [0.1, 0.15) is 0 Å². The zero-order valence-electron chi connectivity index (χ0n) is 13.4. The van der Waals surface area contributed by atoms with Crippen molar-refractivity contribution in [1.82, 2.24) is 4.90 Å². The quantitative estimate of drug-likeness (QED) is 0.744. The van der Waals surface area contributed by atoms with Crippen molar-refractivity contribution in [3.8, 4) is 11.5 Å². The molecule has 1 saturated heterocycles. The molecule has 0 unspecified atom stereocenters. The molecule has 0 amide bonds. The standard InChI is InChI=1S/C18H21NO4/c1-9-5-10-3-4-19(2)16(10)15-11-6-13-14(22-8-21-13)7-12(11)18(20)23-17(9)15/h5-7,9,15-18,20H,3-4,8H2,1-2H3/t9-,15-,16+,17+,18-/m1/s1. The van der Waals surface area contributed by atoms with Crippen molar-refractivity contribution in [2.45, 2.75) is 37.7 Å². The van der Waals surface area contributed by atoms with Crippen LogP contribution in [-0.4, -0.2) is 42.5 Å². The lowest BCUT2D eigenvalue weighted by atomic mass is 9.71. The number of likely N-dealkylation sites (tertiary alicyclic amines) is 1. The summed E-state index contributed by atoms with van der Waals surface area (Å²) in [7, 11) is 2.18. The number of ether oxygens (including phenoxy) is 3. The van der Waals surface area contributed by atoms with E-state index >= 15 is 0 Å². The fourth-order valence-corrected chi connectivity index (χ4v) is 4.76. The fraction of sp³-hybridized carbons (Fsp3) is 0.556. The second-order valence-electron chi connectivity index (χ2n) is 7.09. The fourth-order valence-electron chi connectivity index (χ4n) is 4.76. The Morgan fingerprint density at radius 2 is 1.91 bits per heavy atom. The van der Waals surface area contributed by atoms with Crippen LogP contribution in [0, 0.1) is 5.92 Å².